The fourth-order valence-electron chi connectivity index (χ4n) is 2.04. The van der Waals surface area contributed by atoms with Crippen LogP contribution in [0.1, 0.15) is 21.5 Å². The van der Waals surface area contributed by atoms with Crippen LogP contribution in [-0.4, -0.2) is 5.91 Å². The lowest BCUT2D eigenvalue weighted by atomic mass is 10.0. The SMILES string of the molecule is O=C1c2ccccc2/C=C\c2ccccc2N1I. The standard InChI is InChI=1S/C15H10INO/c16-17-14-8-4-2-6-12(14)10-9-11-5-1-3-7-13(11)15(17)18/h1-10H/b10-9-. The Morgan fingerprint density at radius 1 is 0.833 bits per heavy atom. The van der Waals surface area contributed by atoms with Crippen molar-refractivity contribution in [1.29, 1.82) is 0 Å². The molecule has 0 atom stereocenters. The van der Waals surface area contributed by atoms with Gasteiger partial charge in [0.05, 0.1) is 28.6 Å². The van der Waals surface area contributed by atoms with Gasteiger partial charge in [-0.2, -0.15) is 0 Å². The maximum Gasteiger partial charge on any atom is 0.267 e. The molecule has 0 unspecified atom stereocenters. The number of para-hydroxylation sites is 1. The Morgan fingerprint density at radius 2 is 1.44 bits per heavy atom. The predicted molar refractivity (Wildman–Crippen MR) is 82.6 cm³/mol. The molecule has 18 heavy (non-hydrogen) atoms. The Kier molecular flexibility index (Phi) is 2.91. The van der Waals surface area contributed by atoms with Crippen LogP contribution < -0.4 is 3.11 Å². The molecule has 0 spiro atoms. The Labute approximate surface area is 119 Å². The lowest BCUT2D eigenvalue weighted by Crippen LogP contribution is -2.22. The highest BCUT2D eigenvalue weighted by molar-refractivity contribution is 14.1. The number of hydrogen-bond acceptors (Lipinski definition) is 1. The number of fused-ring (bicyclic) bond motifs is 2. The highest BCUT2D eigenvalue weighted by Crippen LogP contribution is 2.30. The minimum Gasteiger partial charge on any atom is -0.268 e. The summed E-state index contributed by atoms with van der Waals surface area (Å²) in [7, 11) is 0. The van der Waals surface area contributed by atoms with E-state index in [4.69, 9.17) is 0 Å². The Morgan fingerprint density at radius 3 is 2.28 bits per heavy atom. The van der Waals surface area contributed by atoms with Crippen LogP contribution >= 0.6 is 22.9 Å². The molecule has 0 saturated carbocycles. The van der Waals surface area contributed by atoms with E-state index in [1.165, 1.54) is 0 Å². The van der Waals surface area contributed by atoms with Gasteiger partial charge in [0.25, 0.3) is 5.91 Å². The number of rotatable bonds is 0. The van der Waals surface area contributed by atoms with Crippen molar-refractivity contribution in [2.24, 2.45) is 0 Å². The molecule has 0 aromatic heterocycles. The largest absolute Gasteiger partial charge is 0.268 e. The average Bonchev–Trinajstić information content (AvgIpc) is 2.43. The third kappa shape index (κ3) is 1.84. The molecule has 0 radical (unpaired) electrons. The maximum atomic E-state index is 12.4. The Hall–Kier alpha value is -1.62. The van der Waals surface area contributed by atoms with Gasteiger partial charge in [-0.25, -0.2) is 3.11 Å². The van der Waals surface area contributed by atoms with Crippen LogP contribution in [0.25, 0.3) is 12.2 Å². The molecule has 0 aliphatic carbocycles. The van der Waals surface area contributed by atoms with Gasteiger partial charge in [0.15, 0.2) is 0 Å². The summed E-state index contributed by atoms with van der Waals surface area (Å²) in [5.74, 6) is 0.0167. The van der Waals surface area contributed by atoms with E-state index < -0.39 is 0 Å². The molecule has 1 amide bonds. The van der Waals surface area contributed by atoms with Gasteiger partial charge in [-0.1, -0.05) is 48.6 Å². The van der Waals surface area contributed by atoms with E-state index in [1.54, 1.807) is 3.11 Å². The predicted octanol–water partition coefficient (Wildman–Crippen LogP) is 4.17. The minimum absolute atomic E-state index is 0.0167. The molecule has 2 nitrogen and oxygen atoms in total. The summed E-state index contributed by atoms with van der Waals surface area (Å²) < 4.78 is 1.68. The van der Waals surface area contributed by atoms with Crippen molar-refractivity contribution in [1.82, 2.24) is 0 Å². The zero-order valence-corrected chi connectivity index (χ0v) is 11.7. The number of carbonyl (C=O) groups is 1. The zero-order valence-electron chi connectivity index (χ0n) is 9.51. The lowest BCUT2D eigenvalue weighted by molar-refractivity contribution is 0.101. The first-order chi connectivity index (χ1) is 8.77. The second kappa shape index (κ2) is 4.57. The van der Waals surface area contributed by atoms with Crippen molar-refractivity contribution in [3.63, 3.8) is 0 Å². The van der Waals surface area contributed by atoms with Gasteiger partial charge in [-0.15, -0.1) is 0 Å². The zero-order chi connectivity index (χ0) is 12.5. The summed E-state index contributed by atoms with van der Waals surface area (Å²) in [6.07, 6.45) is 4.04. The third-order valence-electron chi connectivity index (χ3n) is 2.96. The molecule has 1 aliphatic rings. The molecule has 0 saturated heterocycles. The van der Waals surface area contributed by atoms with E-state index in [-0.39, 0.29) is 5.91 Å². The highest BCUT2D eigenvalue weighted by atomic mass is 127. The van der Waals surface area contributed by atoms with Gasteiger partial charge in [-0.3, -0.25) is 4.79 Å². The smallest absolute Gasteiger partial charge is 0.267 e. The maximum absolute atomic E-state index is 12.4. The molecule has 0 N–H and O–H groups in total. The minimum atomic E-state index is 0.0167. The molecule has 2 aromatic rings. The fraction of sp³-hybridized carbons (Fsp3) is 0. The summed E-state index contributed by atoms with van der Waals surface area (Å²) in [5.41, 5.74) is 3.67. The van der Waals surface area contributed by atoms with E-state index in [9.17, 15) is 4.79 Å². The summed E-state index contributed by atoms with van der Waals surface area (Å²) in [4.78, 5) is 12.4. The van der Waals surface area contributed by atoms with Gasteiger partial charge >= 0.3 is 0 Å². The Balaban J connectivity index is 2.25. The van der Waals surface area contributed by atoms with Crippen molar-refractivity contribution in [3.05, 3.63) is 65.2 Å². The summed E-state index contributed by atoms with van der Waals surface area (Å²) in [6, 6.07) is 15.6. The van der Waals surface area contributed by atoms with E-state index >= 15 is 0 Å². The first-order valence-electron chi connectivity index (χ1n) is 5.64. The van der Waals surface area contributed by atoms with E-state index in [2.05, 4.69) is 22.9 Å². The van der Waals surface area contributed by atoms with Crippen molar-refractivity contribution in [2.75, 3.05) is 3.11 Å². The van der Waals surface area contributed by atoms with Crippen molar-refractivity contribution >= 4 is 46.6 Å². The Bertz CT molecular complexity index is 648. The molecule has 88 valence electrons. The number of hydrogen-bond donors (Lipinski definition) is 0. The van der Waals surface area contributed by atoms with Gasteiger partial charge in [-0.05, 0) is 23.3 Å². The number of carbonyl (C=O) groups excluding carboxylic acids is 1. The van der Waals surface area contributed by atoms with Gasteiger partial charge in [0.2, 0.25) is 0 Å². The van der Waals surface area contributed by atoms with Crippen LogP contribution in [0.5, 0.6) is 0 Å². The molecule has 3 rings (SSSR count). The van der Waals surface area contributed by atoms with Crippen LogP contribution in [0.15, 0.2) is 48.5 Å². The van der Waals surface area contributed by atoms with Crippen LogP contribution in [0.3, 0.4) is 0 Å². The van der Waals surface area contributed by atoms with Gasteiger partial charge < -0.3 is 0 Å². The molecule has 1 aliphatic heterocycles. The van der Waals surface area contributed by atoms with Crippen molar-refractivity contribution in [3.8, 4) is 0 Å². The highest BCUT2D eigenvalue weighted by Gasteiger charge is 2.20. The second-order valence-corrected chi connectivity index (χ2v) is 5.03. The number of halogens is 1. The molecular formula is C15H10INO. The van der Waals surface area contributed by atoms with Crippen LogP contribution in [0, 0.1) is 0 Å². The van der Waals surface area contributed by atoms with Crippen LogP contribution in [-0.2, 0) is 0 Å². The first-order valence-corrected chi connectivity index (χ1v) is 6.60. The van der Waals surface area contributed by atoms with Crippen LogP contribution in [0.2, 0.25) is 0 Å². The number of nitrogens with zero attached hydrogens (tertiary/aromatic N) is 1. The van der Waals surface area contributed by atoms with Gasteiger partial charge in [0, 0.05) is 5.56 Å². The number of benzene rings is 2. The normalized spacial score (nSPS) is 15.4. The van der Waals surface area contributed by atoms with Crippen molar-refractivity contribution in [2.45, 2.75) is 0 Å². The molecule has 3 heteroatoms. The number of amides is 1. The van der Waals surface area contributed by atoms with E-state index in [1.807, 2.05) is 60.7 Å². The third-order valence-corrected chi connectivity index (χ3v) is 3.92. The monoisotopic (exact) mass is 347 g/mol. The summed E-state index contributed by atoms with van der Waals surface area (Å²) in [6.45, 7) is 0. The molecule has 2 aromatic carbocycles. The molecular weight excluding hydrogens is 337 g/mol. The van der Waals surface area contributed by atoms with E-state index in [0.29, 0.717) is 0 Å². The topological polar surface area (TPSA) is 20.3 Å². The lowest BCUT2D eigenvalue weighted by Gasteiger charge is -2.20. The van der Waals surface area contributed by atoms with Gasteiger partial charge in [0.1, 0.15) is 0 Å². The molecule has 0 fully saturated rings. The summed E-state index contributed by atoms with van der Waals surface area (Å²) >= 11 is 2.06. The number of anilines is 1. The van der Waals surface area contributed by atoms with E-state index in [0.717, 1.165) is 22.4 Å². The first kappa shape index (κ1) is 11.5. The average molecular weight is 347 g/mol. The van der Waals surface area contributed by atoms with Crippen LogP contribution in [0.4, 0.5) is 5.69 Å². The summed E-state index contributed by atoms with van der Waals surface area (Å²) in [5, 5.41) is 0. The second-order valence-electron chi connectivity index (χ2n) is 4.07. The molecule has 0 bridgehead atoms. The fourth-order valence-corrected chi connectivity index (χ4v) is 2.74. The quantitative estimate of drug-likeness (QED) is 0.518. The molecule has 1 heterocycles. The van der Waals surface area contributed by atoms with Crippen molar-refractivity contribution < 1.29 is 4.79 Å².